The molecule has 1 fully saturated rings. The zero-order valence-corrected chi connectivity index (χ0v) is 10.3. The Labute approximate surface area is 107 Å². The van der Waals surface area contributed by atoms with Crippen molar-refractivity contribution in [3.8, 4) is 0 Å². The molecule has 1 unspecified atom stereocenters. The normalized spacial score (nSPS) is 19.6. The van der Waals surface area contributed by atoms with Gasteiger partial charge in [0.05, 0.1) is 0 Å². The first-order valence-electron chi connectivity index (χ1n) is 6.23. The summed E-state index contributed by atoms with van der Waals surface area (Å²) in [4.78, 5) is 24.3. The number of piperazine rings is 1. The predicted octanol–water partition coefficient (Wildman–Crippen LogP) is 0.529. The van der Waals surface area contributed by atoms with Crippen LogP contribution in [0.1, 0.15) is 12.0 Å². The van der Waals surface area contributed by atoms with Crippen molar-refractivity contribution in [2.24, 2.45) is 0 Å². The van der Waals surface area contributed by atoms with Crippen LogP contribution in [0, 0.1) is 0 Å². The van der Waals surface area contributed by atoms with E-state index in [2.05, 4.69) is 5.32 Å². The van der Waals surface area contributed by atoms with Gasteiger partial charge in [-0.3, -0.25) is 9.59 Å². The molecule has 0 spiro atoms. The quantitative estimate of drug-likeness (QED) is 0.823. The molecule has 0 aliphatic carbocycles. The highest BCUT2D eigenvalue weighted by atomic mass is 16.1. The van der Waals surface area contributed by atoms with E-state index in [1.165, 1.54) is 4.90 Å². The average Bonchev–Trinajstić information content (AvgIpc) is 2.45. The lowest BCUT2D eigenvalue weighted by Gasteiger charge is -2.31. The second-order valence-electron chi connectivity index (χ2n) is 4.46. The Hall–Kier alpha value is -1.68. The minimum absolute atomic E-state index is 0.106. The minimum Gasteiger partial charge on any atom is -0.322 e. The van der Waals surface area contributed by atoms with Crippen molar-refractivity contribution >= 4 is 12.2 Å². The highest BCUT2D eigenvalue weighted by Gasteiger charge is 2.27. The first-order chi connectivity index (χ1) is 8.81. The van der Waals surface area contributed by atoms with Gasteiger partial charge in [0.25, 0.3) is 0 Å². The number of amides is 1. The monoisotopic (exact) mass is 245 g/mol. The van der Waals surface area contributed by atoms with E-state index in [0.717, 1.165) is 18.5 Å². The van der Waals surface area contributed by atoms with Crippen LogP contribution in [-0.4, -0.2) is 42.8 Å². The number of Topliss-reactive ketones (excluding diaryl/α,β-unsaturated/α-hetero) is 1. The summed E-state index contributed by atoms with van der Waals surface area (Å²) < 4.78 is 0. The third-order valence-corrected chi connectivity index (χ3v) is 3.24. The molecule has 1 N–H and O–H groups in total. The van der Waals surface area contributed by atoms with Crippen LogP contribution in [0.3, 0.4) is 0 Å². The lowest BCUT2D eigenvalue weighted by atomic mass is 10.0. The molecule has 0 bridgehead atoms. The average molecular weight is 245 g/mol. The SMILES string of the molecule is O=[C]N1CCNCC1C(=O)CCc1ccccc1. The van der Waals surface area contributed by atoms with Gasteiger partial charge in [-0.1, -0.05) is 30.3 Å². The van der Waals surface area contributed by atoms with Gasteiger partial charge in [-0.15, -0.1) is 0 Å². The predicted molar refractivity (Wildman–Crippen MR) is 68.8 cm³/mol. The summed E-state index contributed by atoms with van der Waals surface area (Å²) in [6, 6.07) is 9.56. The fourth-order valence-corrected chi connectivity index (χ4v) is 2.18. The first kappa shape index (κ1) is 12.8. The molecular weight excluding hydrogens is 228 g/mol. The summed E-state index contributed by atoms with van der Waals surface area (Å²) in [5.74, 6) is 0.106. The summed E-state index contributed by atoms with van der Waals surface area (Å²) in [7, 11) is 0. The fourth-order valence-electron chi connectivity index (χ4n) is 2.18. The zero-order valence-electron chi connectivity index (χ0n) is 10.3. The molecule has 1 atom stereocenters. The van der Waals surface area contributed by atoms with E-state index in [1.807, 2.05) is 36.7 Å². The van der Waals surface area contributed by atoms with Crippen LogP contribution >= 0.6 is 0 Å². The molecule has 1 aliphatic heterocycles. The van der Waals surface area contributed by atoms with Crippen LogP contribution in [0.15, 0.2) is 30.3 Å². The summed E-state index contributed by atoms with van der Waals surface area (Å²) in [6.07, 6.45) is 3.05. The molecule has 95 valence electrons. The van der Waals surface area contributed by atoms with Crippen molar-refractivity contribution in [2.75, 3.05) is 19.6 Å². The number of rotatable bonds is 5. The van der Waals surface area contributed by atoms with E-state index >= 15 is 0 Å². The number of ketones is 1. The molecule has 1 saturated heterocycles. The highest BCUT2D eigenvalue weighted by molar-refractivity contribution is 5.86. The molecule has 1 aliphatic rings. The highest BCUT2D eigenvalue weighted by Crippen LogP contribution is 2.08. The van der Waals surface area contributed by atoms with Gasteiger partial charge in [-0.05, 0) is 12.0 Å². The minimum atomic E-state index is -0.347. The lowest BCUT2D eigenvalue weighted by molar-refractivity contribution is -0.123. The number of nitrogens with one attached hydrogen (secondary N) is 1. The molecule has 1 aromatic carbocycles. The van der Waals surface area contributed by atoms with Gasteiger partial charge in [-0.2, -0.15) is 0 Å². The third kappa shape index (κ3) is 3.17. The number of hydrogen-bond acceptors (Lipinski definition) is 3. The topological polar surface area (TPSA) is 49.4 Å². The van der Waals surface area contributed by atoms with E-state index < -0.39 is 0 Å². The molecule has 0 saturated carbocycles. The van der Waals surface area contributed by atoms with Gasteiger partial charge in [0, 0.05) is 26.1 Å². The molecule has 2 rings (SSSR count). The lowest BCUT2D eigenvalue weighted by Crippen LogP contribution is -2.54. The van der Waals surface area contributed by atoms with Gasteiger partial charge in [-0.25, -0.2) is 0 Å². The number of carbonyl (C=O) groups excluding carboxylic acids is 2. The summed E-state index contributed by atoms with van der Waals surface area (Å²) in [5, 5.41) is 3.14. The number of nitrogens with zero attached hydrogens (tertiary/aromatic N) is 1. The summed E-state index contributed by atoms with van der Waals surface area (Å²) in [5.41, 5.74) is 1.15. The number of hydrogen-bond donors (Lipinski definition) is 1. The first-order valence-corrected chi connectivity index (χ1v) is 6.23. The van der Waals surface area contributed by atoms with Crippen molar-refractivity contribution in [1.29, 1.82) is 0 Å². The van der Waals surface area contributed by atoms with E-state index in [0.29, 0.717) is 19.5 Å². The smallest absolute Gasteiger partial charge is 0.312 e. The van der Waals surface area contributed by atoms with Crippen LogP contribution in [0.5, 0.6) is 0 Å². The van der Waals surface area contributed by atoms with E-state index in [-0.39, 0.29) is 11.8 Å². The largest absolute Gasteiger partial charge is 0.322 e. The second kappa shape index (κ2) is 6.31. The Morgan fingerprint density at radius 3 is 2.89 bits per heavy atom. The molecule has 4 nitrogen and oxygen atoms in total. The van der Waals surface area contributed by atoms with Crippen molar-refractivity contribution < 1.29 is 9.59 Å². The zero-order chi connectivity index (χ0) is 12.8. The number of aryl methyl sites for hydroxylation is 1. The van der Waals surface area contributed by atoms with Gasteiger partial charge < -0.3 is 10.2 Å². The molecule has 1 aromatic rings. The molecular formula is C14H17N2O2. The second-order valence-corrected chi connectivity index (χ2v) is 4.46. The van der Waals surface area contributed by atoms with Crippen LogP contribution in [0.25, 0.3) is 0 Å². The maximum atomic E-state index is 12.1. The van der Waals surface area contributed by atoms with Gasteiger partial charge in [0.2, 0.25) is 0 Å². The number of carbonyl (C=O) groups is 1. The Morgan fingerprint density at radius 1 is 1.39 bits per heavy atom. The van der Waals surface area contributed by atoms with Gasteiger partial charge >= 0.3 is 6.41 Å². The molecule has 1 amide bonds. The van der Waals surface area contributed by atoms with Gasteiger partial charge in [0.15, 0.2) is 5.78 Å². The Bertz CT molecular complexity index is 406. The van der Waals surface area contributed by atoms with Crippen LogP contribution < -0.4 is 5.32 Å². The maximum Gasteiger partial charge on any atom is 0.312 e. The molecule has 18 heavy (non-hydrogen) atoms. The summed E-state index contributed by atoms with van der Waals surface area (Å²) in [6.45, 7) is 1.84. The molecule has 1 heterocycles. The third-order valence-electron chi connectivity index (χ3n) is 3.24. The Morgan fingerprint density at radius 2 is 2.17 bits per heavy atom. The Balaban J connectivity index is 1.89. The van der Waals surface area contributed by atoms with Crippen molar-refractivity contribution in [1.82, 2.24) is 10.2 Å². The van der Waals surface area contributed by atoms with Gasteiger partial charge in [0.1, 0.15) is 6.04 Å². The van der Waals surface area contributed by atoms with Crippen LogP contribution in [0.4, 0.5) is 0 Å². The standard InChI is InChI=1S/C14H17N2O2/c17-11-16-9-8-15-10-13(16)14(18)7-6-12-4-2-1-3-5-12/h1-5,13,15H,6-10H2. The Kier molecular flexibility index (Phi) is 4.47. The number of benzene rings is 1. The van der Waals surface area contributed by atoms with Crippen molar-refractivity contribution in [3.63, 3.8) is 0 Å². The molecule has 4 heteroatoms. The maximum absolute atomic E-state index is 12.1. The molecule has 0 aromatic heterocycles. The molecule has 1 radical (unpaired) electrons. The van der Waals surface area contributed by atoms with Crippen molar-refractivity contribution in [2.45, 2.75) is 18.9 Å². The van der Waals surface area contributed by atoms with Crippen LogP contribution in [0.2, 0.25) is 0 Å². The van der Waals surface area contributed by atoms with Crippen molar-refractivity contribution in [3.05, 3.63) is 35.9 Å². The van der Waals surface area contributed by atoms with Crippen LogP contribution in [-0.2, 0) is 16.0 Å². The fraction of sp³-hybridized carbons (Fsp3) is 0.429. The summed E-state index contributed by atoms with van der Waals surface area (Å²) >= 11 is 0. The van der Waals surface area contributed by atoms with E-state index in [4.69, 9.17) is 0 Å². The van der Waals surface area contributed by atoms with E-state index in [1.54, 1.807) is 0 Å². The van der Waals surface area contributed by atoms with E-state index in [9.17, 15) is 9.59 Å².